The number of anilines is 1. The molecule has 0 spiro atoms. The summed E-state index contributed by atoms with van der Waals surface area (Å²) in [4.78, 5) is 11.7. The van der Waals surface area contributed by atoms with Crippen LogP contribution in [0.3, 0.4) is 0 Å². The lowest BCUT2D eigenvalue weighted by atomic mass is 10.3. The highest BCUT2D eigenvalue weighted by Gasteiger charge is 2.06. The van der Waals surface area contributed by atoms with E-state index in [1.54, 1.807) is 17.1 Å². The third-order valence-electron chi connectivity index (χ3n) is 2.60. The molecule has 0 unspecified atom stereocenters. The van der Waals surface area contributed by atoms with Crippen LogP contribution in [0.2, 0.25) is 0 Å². The van der Waals surface area contributed by atoms with Crippen molar-refractivity contribution in [3.8, 4) is 5.75 Å². The summed E-state index contributed by atoms with van der Waals surface area (Å²) in [6.07, 6.45) is 3.29. The normalized spacial score (nSPS) is 10.6. The first-order valence-electron chi connectivity index (χ1n) is 6.27. The van der Waals surface area contributed by atoms with Gasteiger partial charge in [-0.3, -0.25) is 9.48 Å². The zero-order chi connectivity index (χ0) is 14.5. The van der Waals surface area contributed by atoms with Gasteiger partial charge in [0.2, 0.25) is 0 Å². The predicted octanol–water partition coefficient (Wildman–Crippen LogP) is 2.62. The summed E-state index contributed by atoms with van der Waals surface area (Å²) in [6, 6.07) is 5.78. The number of amides is 1. The molecular formula is C14H16FN3O2. The number of benzene rings is 1. The largest absolute Gasteiger partial charge is 0.480 e. The summed E-state index contributed by atoms with van der Waals surface area (Å²) in [7, 11) is 0. The fourth-order valence-electron chi connectivity index (χ4n) is 1.56. The van der Waals surface area contributed by atoms with E-state index in [-0.39, 0.29) is 24.4 Å². The molecule has 5 nitrogen and oxygen atoms in total. The molecule has 0 radical (unpaired) electrons. The predicted molar refractivity (Wildman–Crippen MR) is 73.1 cm³/mol. The first-order valence-corrected chi connectivity index (χ1v) is 6.27. The molecule has 106 valence electrons. The second-order valence-electron chi connectivity index (χ2n) is 4.59. The van der Waals surface area contributed by atoms with E-state index in [0.29, 0.717) is 11.4 Å². The van der Waals surface area contributed by atoms with Crippen LogP contribution in [-0.2, 0) is 4.79 Å². The molecule has 1 amide bonds. The maximum Gasteiger partial charge on any atom is 0.262 e. The van der Waals surface area contributed by atoms with Gasteiger partial charge in [0.25, 0.3) is 5.91 Å². The number of carbonyl (C=O) groups excluding carboxylic acids is 1. The van der Waals surface area contributed by atoms with E-state index in [9.17, 15) is 9.18 Å². The van der Waals surface area contributed by atoms with Crippen LogP contribution in [0.25, 0.3) is 0 Å². The van der Waals surface area contributed by atoms with E-state index >= 15 is 0 Å². The van der Waals surface area contributed by atoms with Crippen molar-refractivity contribution in [1.29, 1.82) is 0 Å². The molecule has 1 heterocycles. The van der Waals surface area contributed by atoms with Gasteiger partial charge in [0, 0.05) is 11.7 Å². The zero-order valence-electron chi connectivity index (χ0n) is 11.3. The van der Waals surface area contributed by atoms with Crippen LogP contribution in [0.1, 0.15) is 19.9 Å². The van der Waals surface area contributed by atoms with Gasteiger partial charge >= 0.3 is 0 Å². The fraction of sp³-hybridized carbons (Fsp3) is 0.286. The molecule has 2 rings (SSSR count). The van der Waals surface area contributed by atoms with Crippen LogP contribution in [0.5, 0.6) is 5.75 Å². The smallest absolute Gasteiger partial charge is 0.262 e. The number of nitrogens with one attached hydrogen (secondary N) is 1. The van der Waals surface area contributed by atoms with Crippen molar-refractivity contribution in [3.05, 3.63) is 42.5 Å². The molecule has 0 aliphatic carbocycles. The number of nitrogens with zero attached hydrogens (tertiary/aromatic N) is 2. The first kappa shape index (κ1) is 14.0. The molecule has 20 heavy (non-hydrogen) atoms. The van der Waals surface area contributed by atoms with Crippen LogP contribution >= 0.6 is 0 Å². The van der Waals surface area contributed by atoms with E-state index in [4.69, 9.17) is 4.74 Å². The number of carbonyl (C=O) groups is 1. The molecule has 6 heteroatoms. The van der Waals surface area contributed by atoms with Crippen molar-refractivity contribution in [2.75, 3.05) is 11.9 Å². The van der Waals surface area contributed by atoms with Gasteiger partial charge in [-0.2, -0.15) is 5.10 Å². The first-order chi connectivity index (χ1) is 9.54. The Kier molecular flexibility index (Phi) is 4.34. The summed E-state index contributed by atoms with van der Waals surface area (Å²) < 4.78 is 19.8. The fourth-order valence-corrected chi connectivity index (χ4v) is 1.56. The lowest BCUT2D eigenvalue weighted by Gasteiger charge is -2.06. The summed E-state index contributed by atoms with van der Waals surface area (Å²) in [5.41, 5.74) is 0.526. The Hall–Kier alpha value is -2.37. The maximum absolute atomic E-state index is 12.7. The highest BCUT2D eigenvalue weighted by Crippen LogP contribution is 2.12. The second kappa shape index (κ2) is 6.18. The molecular weight excluding hydrogens is 261 g/mol. The van der Waals surface area contributed by atoms with Crippen molar-refractivity contribution in [1.82, 2.24) is 9.78 Å². The summed E-state index contributed by atoms with van der Waals surface area (Å²) in [5.74, 6) is -0.123. The van der Waals surface area contributed by atoms with Gasteiger partial charge in [-0.25, -0.2) is 4.39 Å². The summed E-state index contributed by atoms with van der Waals surface area (Å²) in [6.45, 7) is 3.87. The van der Waals surface area contributed by atoms with Crippen LogP contribution in [0.4, 0.5) is 10.1 Å². The highest BCUT2D eigenvalue weighted by molar-refractivity contribution is 5.91. The lowest BCUT2D eigenvalue weighted by Crippen LogP contribution is -2.20. The molecule has 1 aromatic carbocycles. The second-order valence-corrected chi connectivity index (χ2v) is 4.59. The molecule has 0 saturated heterocycles. The number of rotatable bonds is 5. The molecule has 0 atom stereocenters. The van der Waals surface area contributed by atoms with Gasteiger partial charge in [-0.1, -0.05) is 0 Å². The number of ether oxygens (including phenoxy) is 1. The maximum atomic E-state index is 12.7. The molecule has 0 aliphatic rings. The number of halogens is 1. The van der Waals surface area contributed by atoms with Gasteiger partial charge in [-0.15, -0.1) is 0 Å². The minimum Gasteiger partial charge on any atom is -0.480 e. The molecule has 0 saturated carbocycles. The van der Waals surface area contributed by atoms with Crippen molar-refractivity contribution in [2.24, 2.45) is 0 Å². The minimum atomic E-state index is -0.347. The third-order valence-corrected chi connectivity index (χ3v) is 2.60. The third kappa shape index (κ3) is 3.81. The highest BCUT2D eigenvalue weighted by atomic mass is 19.1. The number of aromatic nitrogens is 2. The average Bonchev–Trinajstić information content (AvgIpc) is 2.88. The van der Waals surface area contributed by atoms with Crippen molar-refractivity contribution >= 4 is 11.6 Å². The van der Waals surface area contributed by atoms with Crippen LogP contribution in [0.15, 0.2) is 36.7 Å². The van der Waals surface area contributed by atoms with Crippen molar-refractivity contribution < 1.29 is 13.9 Å². The molecule has 0 aliphatic heterocycles. The van der Waals surface area contributed by atoms with E-state index in [2.05, 4.69) is 10.4 Å². The Balaban J connectivity index is 1.84. The Morgan fingerprint density at radius 1 is 1.40 bits per heavy atom. The Bertz CT molecular complexity index is 578. The molecule has 2 aromatic rings. The van der Waals surface area contributed by atoms with Crippen LogP contribution < -0.4 is 10.1 Å². The SMILES string of the molecule is CC(C)n1cc(OCC(=O)Nc2ccc(F)cc2)cn1. The van der Waals surface area contributed by atoms with Crippen molar-refractivity contribution in [3.63, 3.8) is 0 Å². The van der Waals surface area contributed by atoms with Gasteiger partial charge in [-0.05, 0) is 38.1 Å². The monoisotopic (exact) mass is 277 g/mol. The standard InChI is InChI=1S/C14H16FN3O2/c1-10(2)18-8-13(7-16-18)20-9-14(19)17-12-5-3-11(15)4-6-12/h3-8,10H,9H2,1-2H3,(H,17,19). The summed E-state index contributed by atoms with van der Waals surface area (Å²) in [5, 5.41) is 6.72. The topological polar surface area (TPSA) is 56.1 Å². The Morgan fingerprint density at radius 2 is 2.10 bits per heavy atom. The molecule has 1 N–H and O–H groups in total. The van der Waals surface area contributed by atoms with Crippen LogP contribution in [0, 0.1) is 5.82 Å². The molecule has 1 aromatic heterocycles. The average molecular weight is 277 g/mol. The van der Waals surface area contributed by atoms with Gasteiger partial charge in [0.1, 0.15) is 5.82 Å². The van der Waals surface area contributed by atoms with Gasteiger partial charge in [0.05, 0.1) is 12.4 Å². The van der Waals surface area contributed by atoms with E-state index in [1.807, 2.05) is 13.8 Å². The zero-order valence-corrected chi connectivity index (χ0v) is 11.3. The molecule has 0 fully saturated rings. The van der Waals surface area contributed by atoms with E-state index in [1.165, 1.54) is 24.3 Å². The van der Waals surface area contributed by atoms with Crippen LogP contribution in [-0.4, -0.2) is 22.3 Å². The Morgan fingerprint density at radius 3 is 2.70 bits per heavy atom. The lowest BCUT2D eigenvalue weighted by molar-refractivity contribution is -0.118. The minimum absolute atomic E-state index is 0.124. The number of hydrogen-bond donors (Lipinski definition) is 1. The Labute approximate surface area is 116 Å². The van der Waals surface area contributed by atoms with Crippen molar-refractivity contribution in [2.45, 2.75) is 19.9 Å². The summed E-state index contributed by atoms with van der Waals surface area (Å²) >= 11 is 0. The van der Waals surface area contributed by atoms with E-state index < -0.39 is 0 Å². The number of hydrogen-bond acceptors (Lipinski definition) is 3. The van der Waals surface area contributed by atoms with Gasteiger partial charge < -0.3 is 10.1 Å². The quantitative estimate of drug-likeness (QED) is 0.914. The molecule has 0 bridgehead atoms. The van der Waals surface area contributed by atoms with Gasteiger partial charge in [0.15, 0.2) is 12.4 Å². The van der Waals surface area contributed by atoms with E-state index in [0.717, 1.165) is 0 Å².